The van der Waals surface area contributed by atoms with Crippen LogP contribution < -0.4 is 41.4 Å². The predicted molar refractivity (Wildman–Crippen MR) is 291 cm³/mol. The number of hydrogen-bond acceptors (Lipinski definition) is 10. The van der Waals surface area contributed by atoms with Crippen molar-refractivity contribution in [2.75, 3.05) is 40.4 Å². The first-order valence-electron chi connectivity index (χ1n) is 27.7. The summed E-state index contributed by atoms with van der Waals surface area (Å²) in [7, 11) is 3.39. The maximum absolute atomic E-state index is 14.3. The van der Waals surface area contributed by atoms with E-state index in [2.05, 4.69) is 56.2 Å². The summed E-state index contributed by atoms with van der Waals surface area (Å²) in [5.74, 6) is -0.0760. The largest absolute Gasteiger partial charge is 0.494 e. The molecule has 0 aromatic heterocycles. The molecule has 6 amide bonds. The third-order valence-corrected chi connectivity index (χ3v) is 15.7. The lowest BCUT2D eigenvalue weighted by molar-refractivity contribution is -0.141. The minimum atomic E-state index is -0.865. The quantitative estimate of drug-likeness (QED) is 0.0512. The van der Waals surface area contributed by atoms with E-state index in [1.807, 2.05) is 72.8 Å². The van der Waals surface area contributed by atoms with Gasteiger partial charge in [-0.05, 0) is 163 Å². The van der Waals surface area contributed by atoms with Gasteiger partial charge < -0.3 is 51.2 Å². The highest BCUT2D eigenvalue weighted by Crippen LogP contribution is 2.32. The smallest absolute Gasteiger partial charge is 0.246 e. The molecule has 2 heterocycles. The third-order valence-electron chi connectivity index (χ3n) is 15.7. The van der Waals surface area contributed by atoms with E-state index in [0.29, 0.717) is 63.5 Å². The van der Waals surface area contributed by atoms with E-state index in [1.54, 1.807) is 37.7 Å². The number of nitrogens with one attached hydrogen (secondary N) is 6. The van der Waals surface area contributed by atoms with Crippen molar-refractivity contribution in [3.05, 3.63) is 130 Å². The zero-order valence-electron chi connectivity index (χ0n) is 44.7. The topological polar surface area (TPSA) is 200 Å². The molecule has 406 valence electrons. The summed E-state index contributed by atoms with van der Waals surface area (Å²) >= 11 is 0. The van der Waals surface area contributed by atoms with Crippen LogP contribution >= 0.6 is 0 Å². The highest BCUT2D eigenvalue weighted by molar-refractivity contribution is 5.95. The zero-order chi connectivity index (χ0) is 53.6. The molecule has 4 aromatic carbocycles. The Morgan fingerprint density at radius 2 is 0.921 bits per heavy atom. The Labute approximate surface area is 448 Å². The van der Waals surface area contributed by atoms with Crippen molar-refractivity contribution in [1.29, 1.82) is 0 Å². The van der Waals surface area contributed by atoms with E-state index >= 15 is 0 Å². The normalized spacial score (nSPS) is 20.5. The minimum Gasteiger partial charge on any atom is -0.494 e. The van der Waals surface area contributed by atoms with Crippen LogP contribution in [0, 0.1) is 0 Å². The Kier molecular flexibility index (Phi) is 19.6. The number of aryl methyl sites for hydroxylation is 2. The van der Waals surface area contributed by atoms with Crippen LogP contribution in [0.3, 0.4) is 0 Å². The molecule has 8 atom stereocenters. The van der Waals surface area contributed by atoms with Crippen LogP contribution in [0.15, 0.2) is 97.1 Å². The predicted octanol–water partition coefficient (Wildman–Crippen LogP) is 5.56. The fourth-order valence-electron chi connectivity index (χ4n) is 11.1. The van der Waals surface area contributed by atoms with Crippen molar-refractivity contribution in [2.24, 2.45) is 0 Å². The standard InChI is InChI=1S/C60H78N8O8/c1-39(61-3)55(69)65-51(59(73)67-33-13-23-53(67)57(71)63-49-21-11-17-43-15-5-7-19-47(43)49)37-41-25-29-45(30-26-41)75-35-9-10-36-76-46-31-27-42(28-32-46)38-52(66-56(70)40(2)62-4)60(74)68-34-14-24-54(68)58(72)64-50-22-12-18-44-16-6-8-20-48(44)50/h5-8,15-16,19-20,25-32,39-40,49-54,61-62H,9-14,17-18,21-24,33-38H2,1-4H3,(H,63,71)(H,64,72)(H,65,69)(H,66,70)/t39-,40-,49+,50+,51-,52?,53?,54-/m0/s1. The lowest BCUT2D eigenvalue weighted by Gasteiger charge is -2.32. The van der Waals surface area contributed by atoms with Crippen molar-refractivity contribution < 1.29 is 38.2 Å². The second kappa shape index (κ2) is 26.8. The van der Waals surface area contributed by atoms with Gasteiger partial charge in [0, 0.05) is 25.9 Å². The highest BCUT2D eigenvalue weighted by Gasteiger charge is 2.41. The second-order valence-electron chi connectivity index (χ2n) is 20.9. The fraction of sp³-hybridized carbons (Fsp3) is 0.500. The van der Waals surface area contributed by atoms with E-state index in [1.165, 1.54) is 11.1 Å². The first-order valence-corrected chi connectivity index (χ1v) is 27.7. The summed E-state index contributed by atoms with van der Waals surface area (Å²) in [5.41, 5.74) is 6.48. The van der Waals surface area contributed by atoms with Crippen LogP contribution in [0.4, 0.5) is 0 Å². The van der Waals surface area contributed by atoms with Gasteiger partial charge in [0.1, 0.15) is 35.7 Å². The van der Waals surface area contributed by atoms with Gasteiger partial charge in [-0.25, -0.2) is 0 Å². The average Bonchev–Trinajstić information content (AvgIpc) is 4.16. The van der Waals surface area contributed by atoms with Gasteiger partial charge in [0.25, 0.3) is 0 Å². The molecule has 2 saturated heterocycles. The fourth-order valence-corrected chi connectivity index (χ4v) is 11.1. The van der Waals surface area contributed by atoms with Gasteiger partial charge in [-0.1, -0.05) is 72.8 Å². The molecular formula is C60H78N8O8. The molecule has 0 spiro atoms. The maximum Gasteiger partial charge on any atom is 0.246 e. The highest BCUT2D eigenvalue weighted by atomic mass is 16.5. The lowest BCUT2D eigenvalue weighted by atomic mass is 9.87. The molecule has 4 aliphatic rings. The van der Waals surface area contributed by atoms with Crippen molar-refractivity contribution in [1.82, 2.24) is 41.7 Å². The van der Waals surface area contributed by atoms with Crippen LogP contribution in [0.1, 0.15) is 124 Å². The van der Waals surface area contributed by atoms with Crippen LogP contribution in [0.25, 0.3) is 0 Å². The van der Waals surface area contributed by atoms with Crippen LogP contribution in [-0.2, 0) is 54.5 Å². The molecule has 8 rings (SSSR count). The molecule has 76 heavy (non-hydrogen) atoms. The van der Waals surface area contributed by atoms with E-state index in [-0.39, 0.29) is 60.4 Å². The summed E-state index contributed by atoms with van der Waals surface area (Å²) in [5, 5.41) is 18.4. The number of carbonyl (C=O) groups is 6. The molecule has 16 nitrogen and oxygen atoms in total. The van der Waals surface area contributed by atoms with Crippen LogP contribution in [0.2, 0.25) is 0 Å². The number of hydrogen-bond donors (Lipinski definition) is 6. The number of ether oxygens (including phenoxy) is 2. The Bertz CT molecular complexity index is 2450. The number of likely N-dealkylation sites (tertiary alicyclic amines) is 2. The summed E-state index contributed by atoms with van der Waals surface area (Å²) in [4.78, 5) is 85.9. The molecule has 4 aromatic rings. The minimum absolute atomic E-state index is 0.0909. The summed E-state index contributed by atoms with van der Waals surface area (Å²) in [6, 6.07) is 27.4. The number of unbranched alkanes of at least 4 members (excludes halogenated alkanes) is 1. The van der Waals surface area contributed by atoms with E-state index < -0.39 is 36.3 Å². The monoisotopic (exact) mass is 1040 g/mol. The Balaban J connectivity index is 0.796. The van der Waals surface area contributed by atoms with Crippen molar-refractivity contribution in [3.63, 3.8) is 0 Å². The van der Waals surface area contributed by atoms with E-state index in [0.717, 1.165) is 73.6 Å². The van der Waals surface area contributed by atoms with Gasteiger partial charge in [-0.3, -0.25) is 28.8 Å². The number of benzene rings is 4. The Morgan fingerprint density at radius 3 is 1.32 bits per heavy atom. The number of nitrogens with zero attached hydrogens (tertiary/aromatic N) is 2. The van der Waals surface area contributed by atoms with Crippen molar-refractivity contribution >= 4 is 35.4 Å². The third kappa shape index (κ3) is 14.2. The molecule has 6 N–H and O–H groups in total. The van der Waals surface area contributed by atoms with Gasteiger partial charge in [-0.2, -0.15) is 0 Å². The average molecular weight is 1040 g/mol. The molecular weight excluding hydrogens is 961 g/mol. The maximum atomic E-state index is 14.3. The molecule has 2 aliphatic carbocycles. The van der Waals surface area contributed by atoms with Gasteiger partial charge >= 0.3 is 0 Å². The number of rotatable bonds is 23. The van der Waals surface area contributed by atoms with Gasteiger partial charge in [-0.15, -0.1) is 0 Å². The van der Waals surface area contributed by atoms with E-state index in [4.69, 9.17) is 9.47 Å². The van der Waals surface area contributed by atoms with Crippen LogP contribution in [-0.4, -0.2) is 122 Å². The number of carbonyl (C=O) groups excluding carboxylic acids is 6. The molecule has 0 bridgehead atoms. The SMILES string of the molecule is CN[C@@H](C)C(=O)NC(Cc1ccc(OCCCCOc2ccc(C[C@H](NC(=O)[C@H](C)NC)C(=O)N3CCCC3C(=O)N[C@@H]3CCCc4ccccc43)cc2)cc1)C(=O)N1CCC[C@H]1C(=O)N[C@@H]1CCCc2ccccc21. The second-order valence-corrected chi connectivity index (χ2v) is 20.9. The summed E-state index contributed by atoms with van der Waals surface area (Å²) in [6.07, 6.45) is 10.2. The molecule has 0 radical (unpaired) electrons. The van der Waals surface area contributed by atoms with Crippen molar-refractivity contribution in [3.8, 4) is 11.5 Å². The van der Waals surface area contributed by atoms with E-state index in [9.17, 15) is 28.8 Å². The number of amides is 6. The molecule has 2 unspecified atom stereocenters. The van der Waals surface area contributed by atoms with Gasteiger partial charge in [0.15, 0.2) is 0 Å². The van der Waals surface area contributed by atoms with Gasteiger partial charge in [0.2, 0.25) is 35.4 Å². The molecule has 2 fully saturated rings. The van der Waals surface area contributed by atoms with Crippen LogP contribution in [0.5, 0.6) is 11.5 Å². The Hall–Kier alpha value is -6.78. The molecule has 0 saturated carbocycles. The van der Waals surface area contributed by atoms with Crippen molar-refractivity contribution in [2.45, 2.75) is 152 Å². The number of likely N-dealkylation sites (N-methyl/N-ethyl adjacent to an activating group) is 2. The summed E-state index contributed by atoms with van der Waals surface area (Å²) in [6.45, 7) is 5.30. The zero-order valence-corrected chi connectivity index (χ0v) is 44.7. The molecule has 16 heteroatoms. The number of fused-ring (bicyclic) bond motifs is 2. The molecule has 2 aliphatic heterocycles. The lowest BCUT2D eigenvalue weighted by Crippen LogP contribution is -2.56. The first-order chi connectivity index (χ1) is 36.9. The first kappa shape index (κ1) is 55.5. The summed E-state index contributed by atoms with van der Waals surface area (Å²) < 4.78 is 12.1. The Morgan fingerprint density at radius 1 is 0.526 bits per heavy atom. The van der Waals surface area contributed by atoms with Gasteiger partial charge in [0.05, 0.1) is 37.4 Å².